The quantitative estimate of drug-likeness (QED) is 0.162. The van der Waals surface area contributed by atoms with E-state index in [1.807, 2.05) is 0 Å². The molecule has 0 spiro atoms. The van der Waals surface area contributed by atoms with Gasteiger partial charge >= 0.3 is 0 Å². The number of anilines is 6. The Labute approximate surface area is 346 Å². The third-order valence-electron chi connectivity index (χ3n) is 11.7. The van der Waals surface area contributed by atoms with Gasteiger partial charge in [-0.05, 0) is 130 Å². The number of benzene rings is 10. The predicted octanol–water partition coefficient (Wildman–Crippen LogP) is 16.4. The molecule has 0 fully saturated rings. The molecule has 0 aliphatic carbocycles. The van der Waals surface area contributed by atoms with Gasteiger partial charge in [-0.3, -0.25) is 0 Å². The summed E-state index contributed by atoms with van der Waals surface area (Å²) in [6.07, 6.45) is 0. The summed E-state index contributed by atoms with van der Waals surface area (Å²) in [5, 5.41) is 8.64. The van der Waals surface area contributed by atoms with E-state index in [1.54, 1.807) is 0 Å². The molecule has 4 heteroatoms. The number of rotatable bonds is 7. The van der Waals surface area contributed by atoms with E-state index in [9.17, 15) is 0 Å². The van der Waals surface area contributed by atoms with Crippen molar-refractivity contribution in [3.63, 3.8) is 0 Å². The van der Waals surface area contributed by atoms with Gasteiger partial charge in [0.25, 0.3) is 0 Å². The van der Waals surface area contributed by atoms with E-state index in [-0.39, 0.29) is 0 Å². The molecule has 0 saturated carbocycles. The fraction of sp³-hybridized carbons (Fsp3) is 0. The van der Waals surface area contributed by atoms with Gasteiger partial charge in [-0.2, -0.15) is 0 Å². The molecule has 0 aliphatic rings. The molecule has 4 nitrogen and oxygen atoms in total. The summed E-state index contributed by atoms with van der Waals surface area (Å²) in [5.41, 5.74) is 12.0. The lowest BCUT2D eigenvalue weighted by Gasteiger charge is -2.25. The molecular weight excluding hydrogens is 733 g/mol. The van der Waals surface area contributed by atoms with Crippen molar-refractivity contribution in [3.8, 4) is 11.1 Å². The molecule has 12 aromatic rings. The number of para-hydroxylation sites is 4. The number of hydrogen-bond acceptors (Lipinski definition) is 4. The van der Waals surface area contributed by atoms with Gasteiger partial charge in [-0.25, -0.2) is 0 Å². The number of nitrogens with zero attached hydrogens (tertiary/aromatic N) is 2. The molecule has 282 valence electrons. The molecule has 2 heterocycles. The average molecular weight is 769 g/mol. The van der Waals surface area contributed by atoms with Crippen molar-refractivity contribution in [1.29, 1.82) is 0 Å². The van der Waals surface area contributed by atoms with Crippen LogP contribution in [0.2, 0.25) is 0 Å². The molecule has 0 atom stereocenters. The second-order valence-corrected chi connectivity index (χ2v) is 15.3. The van der Waals surface area contributed by atoms with Gasteiger partial charge in [-0.1, -0.05) is 115 Å². The van der Waals surface area contributed by atoms with Gasteiger partial charge in [0.15, 0.2) is 0 Å². The van der Waals surface area contributed by atoms with Gasteiger partial charge in [0, 0.05) is 55.8 Å². The van der Waals surface area contributed by atoms with E-state index >= 15 is 0 Å². The van der Waals surface area contributed by atoms with Crippen molar-refractivity contribution in [3.05, 3.63) is 218 Å². The Kier molecular flexibility index (Phi) is 7.82. The molecule has 0 saturated heterocycles. The van der Waals surface area contributed by atoms with Crippen LogP contribution >= 0.6 is 0 Å². The molecule has 0 bridgehead atoms. The standard InChI is InChI=1S/C56H36N2O2/c1-6-16-37(17-7-1)48-36-50-49-32-38-26-28-46(57(42-18-8-2-9-19-42)43-20-10-3-11-21-43)30-40(38)34-52(49)59-56(50)54-51-33-39-27-29-47(31-41(39)35-53(51)60-55(48)54)58(44-22-12-4-13-23-44)45-24-14-5-15-25-45/h1-36H. The minimum absolute atomic E-state index is 0.821. The first-order valence-electron chi connectivity index (χ1n) is 20.3. The Balaban J connectivity index is 1.06. The summed E-state index contributed by atoms with van der Waals surface area (Å²) in [6, 6.07) is 77.2. The van der Waals surface area contributed by atoms with Gasteiger partial charge in [0.05, 0.1) is 5.39 Å². The first kappa shape index (κ1) is 34.0. The molecule has 0 unspecified atom stereocenters. The van der Waals surface area contributed by atoms with Crippen LogP contribution in [0, 0.1) is 0 Å². The van der Waals surface area contributed by atoms with Gasteiger partial charge < -0.3 is 18.6 Å². The second kappa shape index (κ2) is 13.8. The Morgan fingerprint density at radius 2 is 0.700 bits per heavy atom. The van der Waals surface area contributed by atoms with Gasteiger partial charge in [0.1, 0.15) is 22.3 Å². The predicted molar refractivity (Wildman–Crippen MR) is 251 cm³/mol. The zero-order chi connectivity index (χ0) is 39.6. The zero-order valence-electron chi connectivity index (χ0n) is 32.5. The summed E-state index contributed by atoms with van der Waals surface area (Å²) in [6.45, 7) is 0. The third kappa shape index (κ3) is 5.61. The highest BCUT2D eigenvalue weighted by atomic mass is 16.3. The lowest BCUT2D eigenvalue weighted by Crippen LogP contribution is -2.09. The van der Waals surface area contributed by atoms with Crippen LogP contribution in [-0.2, 0) is 0 Å². The summed E-state index contributed by atoms with van der Waals surface area (Å²) < 4.78 is 13.9. The minimum atomic E-state index is 0.821. The van der Waals surface area contributed by atoms with E-state index < -0.39 is 0 Å². The fourth-order valence-electron chi connectivity index (χ4n) is 8.94. The Morgan fingerprint density at radius 1 is 0.283 bits per heavy atom. The second-order valence-electron chi connectivity index (χ2n) is 15.3. The van der Waals surface area contributed by atoms with Crippen molar-refractivity contribution in [2.45, 2.75) is 0 Å². The zero-order valence-corrected chi connectivity index (χ0v) is 32.5. The van der Waals surface area contributed by atoms with E-state index in [0.717, 1.165) is 111 Å². The van der Waals surface area contributed by atoms with Crippen molar-refractivity contribution in [2.75, 3.05) is 9.80 Å². The molecule has 0 aliphatic heterocycles. The van der Waals surface area contributed by atoms with Crippen LogP contribution in [0.1, 0.15) is 0 Å². The maximum Gasteiger partial charge on any atom is 0.147 e. The molecule has 0 radical (unpaired) electrons. The third-order valence-corrected chi connectivity index (χ3v) is 11.7. The van der Waals surface area contributed by atoms with Crippen molar-refractivity contribution in [1.82, 2.24) is 0 Å². The highest BCUT2D eigenvalue weighted by molar-refractivity contribution is 6.27. The summed E-state index contributed by atoms with van der Waals surface area (Å²) in [5.74, 6) is 0. The molecule has 0 amide bonds. The van der Waals surface area contributed by atoms with E-state index in [1.165, 1.54) is 0 Å². The van der Waals surface area contributed by atoms with Crippen LogP contribution in [0.5, 0.6) is 0 Å². The first-order valence-corrected chi connectivity index (χ1v) is 20.3. The van der Waals surface area contributed by atoms with Crippen LogP contribution < -0.4 is 9.80 Å². The van der Waals surface area contributed by atoms with Crippen molar-refractivity contribution in [2.24, 2.45) is 0 Å². The molecule has 0 N–H and O–H groups in total. The molecule has 10 aromatic carbocycles. The fourth-order valence-corrected chi connectivity index (χ4v) is 8.94. The normalized spacial score (nSPS) is 11.7. The van der Waals surface area contributed by atoms with Crippen LogP contribution in [0.15, 0.2) is 227 Å². The monoisotopic (exact) mass is 768 g/mol. The van der Waals surface area contributed by atoms with Gasteiger partial charge in [0.2, 0.25) is 0 Å². The van der Waals surface area contributed by atoms with E-state index in [4.69, 9.17) is 8.83 Å². The van der Waals surface area contributed by atoms with Crippen molar-refractivity contribution < 1.29 is 8.83 Å². The lowest BCUT2D eigenvalue weighted by molar-refractivity contribution is 0.664. The topological polar surface area (TPSA) is 32.8 Å². The van der Waals surface area contributed by atoms with Crippen LogP contribution in [-0.4, -0.2) is 0 Å². The molecule has 2 aromatic heterocycles. The van der Waals surface area contributed by atoms with E-state index in [0.29, 0.717) is 0 Å². The Morgan fingerprint density at radius 3 is 1.18 bits per heavy atom. The number of fused-ring (bicyclic) bond motifs is 9. The number of furan rings is 2. The Bertz CT molecular complexity index is 3450. The summed E-state index contributed by atoms with van der Waals surface area (Å²) in [4.78, 5) is 4.59. The smallest absolute Gasteiger partial charge is 0.147 e. The maximum absolute atomic E-state index is 6.98. The number of hydrogen-bond donors (Lipinski definition) is 0. The lowest BCUT2D eigenvalue weighted by atomic mass is 9.97. The summed E-state index contributed by atoms with van der Waals surface area (Å²) in [7, 11) is 0. The average Bonchev–Trinajstić information content (AvgIpc) is 3.86. The summed E-state index contributed by atoms with van der Waals surface area (Å²) >= 11 is 0. The van der Waals surface area contributed by atoms with Crippen LogP contribution in [0.4, 0.5) is 34.1 Å². The molecule has 12 rings (SSSR count). The largest absolute Gasteiger partial charge is 0.455 e. The molecule has 60 heavy (non-hydrogen) atoms. The first-order chi connectivity index (χ1) is 29.7. The van der Waals surface area contributed by atoms with Crippen LogP contribution in [0.25, 0.3) is 76.5 Å². The van der Waals surface area contributed by atoms with Crippen LogP contribution in [0.3, 0.4) is 0 Å². The SMILES string of the molecule is c1ccc(-c2cc3c4cc5ccc(N(c6ccccc6)c6ccccc6)cc5cc4oc3c3c2oc2cc4cc(N(c5ccccc5)c5ccccc5)ccc4cc23)cc1. The minimum Gasteiger partial charge on any atom is -0.455 e. The highest BCUT2D eigenvalue weighted by Gasteiger charge is 2.23. The maximum atomic E-state index is 6.98. The Hall–Kier alpha value is -8.08. The van der Waals surface area contributed by atoms with Crippen molar-refractivity contribution >= 4 is 99.5 Å². The van der Waals surface area contributed by atoms with Gasteiger partial charge in [-0.15, -0.1) is 0 Å². The molecular formula is C56H36N2O2. The van der Waals surface area contributed by atoms with E-state index in [2.05, 4.69) is 228 Å². The highest BCUT2D eigenvalue weighted by Crippen LogP contribution is 2.47.